The molecule has 0 saturated carbocycles. The third-order valence-electron chi connectivity index (χ3n) is 3.04. The summed E-state index contributed by atoms with van der Waals surface area (Å²) in [5.41, 5.74) is 1.64. The summed E-state index contributed by atoms with van der Waals surface area (Å²) in [5, 5.41) is 4.97. The molecule has 102 valence electrons. The SMILES string of the molecule is CCCNc1cccc(-c2cc3cc(Cl)ccc3o2)n1. The van der Waals surface area contributed by atoms with Gasteiger partial charge in [0.2, 0.25) is 0 Å². The van der Waals surface area contributed by atoms with Gasteiger partial charge in [-0.05, 0) is 42.8 Å². The Bertz CT molecular complexity index is 736. The fourth-order valence-corrected chi connectivity index (χ4v) is 2.24. The van der Waals surface area contributed by atoms with Gasteiger partial charge in [-0.15, -0.1) is 0 Å². The van der Waals surface area contributed by atoms with E-state index in [1.54, 1.807) is 0 Å². The average molecular weight is 287 g/mol. The largest absolute Gasteiger partial charge is 0.454 e. The summed E-state index contributed by atoms with van der Waals surface area (Å²) in [4.78, 5) is 4.56. The molecule has 0 unspecified atom stereocenters. The van der Waals surface area contributed by atoms with E-state index in [0.29, 0.717) is 5.02 Å². The number of anilines is 1. The topological polar surface area (TPSA) is 38.1 Å². The molecule has 3 rings (SSSR count). The zero-order valence-corrected chi connectivity index (χ0v) is 11.9. The molecule has 1 aromatic carbocycles. The molecule has 0 fully saturated rings. The van der Waals surface area contributed by atoms with Gasteiger partial charge in [-0.2, -0.15) is 0 Å². The van der Waals surface area contributed by atoms with Crippen LogP contribution in [0.15, 0.2) is 46.9 Å². The monoisotopic (exact) mass is 286 g/mol. The molecule has 3 nitrogen and oxygen atoms in total. The van der Waals surface area contributed by atoms with Crippen LogP contribution in [0.2, 0.25) is 5.02 Å². The Balaban J connectivity index is 1.97. The van der Waals surface area contributed by atoms with Crippen molar-refractivity contribution in [2.75, 3.05) is 11.9 Å². The molecule has 0 bridgehead atoms. The van der Waals surface area contributed by atoms with Gasteiger partial charge in [0, 0.05) is 17.0 Å². The highest BCUT2D eigenvalue weighted by atomic mass is 35.5. The van der Waals surface area contributed by atoms with E-state index >= 15 is 0 Å². The molecule has 0 amide bonds. The molecule has 2 aromatic heterocycles. The minimum absolute atomic E-state index is 0.705. The standard InChI is InChI=1S/C16H15ClN2O/c1-2-8-18-16-5-3-4-13(19-16)15-10-11-9-12(17)6-7-14(11)20-15/h3-7,9-10H,2,8H2,1H3,(H,18,19). The van der Waals surface area contributed by atoms with E-state index in [-0.39, 0.29) is 0 Å². The number of pyridine rings is 1. The smallest absolute Gasteiger partial charge is 0.153 e. The van der Waals surface area contributed by atoms with Gasteiger partial charge in [0.25, 0.3) is 0 Å². The van der Waals surface area contributed by atoms with Crippen LogP contribution in [0.4, 0.5) is 5.82 Å². The Morgan fingerprint density at radius 3 is 2.95 bits per heavy atom. The van der Waals surface area contributed by atoms with Crippen LogP contribution in [0.5, 0.6) is 0 Å². The van der Waals surface area contributed by atoms with Crippen LogP contribution in [0, 0.1) is 0 Å². The first-order chi connectivity index (χ1) is 9.76. The second kappa shape index (κ2) is 5.55. The molecule has 1 N–H and O–H groups in total. The zero-order valence-electron chi connectivity index (χ0n) is 11.2. The molecule has 2 heterocycles. The van der Waals surface area contributed by atoms with Gasteiger partial charge in [0.05, 0.1) is 0 Å². The van der Waals surface area contributed by atoms with Gasteiger partial charge >= 0.3 is 0 Å². The zero-order chi connectivity index (χ0) is 13.9. The van der Waals surface area contributed by atoms with Crippen LogP contribution in [-0.2, 0) is 0 Å². The van der Waals surface area contributed by atoms with Crippen molar-refractivity contribution in [3.8, 4) is 11.5 Å². The Hall–Kier alpha value is -2.00. The van der Waals surface area contributed by atoms with E-state index in [1.165, 1.54) is 0 Å². The lowest BCUT2D eigenvalue weighted by atomic mass is 10.2. The summed E-state index contributed by atoms with van der Waals surface area (Å²) in [6.07, 6.45) is 1.06. The van der Waals surface area contributed by atoms with Crippen molar-refractivity contribution < 1.29 is 4.42 Å². The number of aromatic nitrogens is 1. The Morgan fingerprint density at radius 2 is 2.10 bits per heavy atom. The van der Waals surface area contributed by atoms with Gasteiger partial charge in [0.1, 0.15) is 17.1 Å². The van der Waals surface area contributed by atoms with E-state index in [1.807, 2.05) is 42.5 Å². The number of rotatable bonds is 4. The van der Waals surface area contributed by atoms with E-state index in [9.17, 15) is 0 Å². The van der Waals surface area contributed by atoms with E-state index < -0.39 is 0 Å². The molecule has 0 spiro atoms. The van der Waals surface area contributed by atoms with Crippen LogP contribution in [0.3, 0.4) is 0 Å². The number of benzene rings is 1. The first-order valence-corrected chi connectivity index (χ1v) is 7.04. The lowest BCUT2D eigenvalue weighted by Gasteiger charge is -2.04. The second-order valence-corrected chi connectivity index (χ2v) is 5.06. The average Bonchev–Trinajstić information content (AvgIpc) is 2.88. The van der Waals surface area contributed by atoms with Crippen LogP contribution in [0.1, 0.15) is 13.3 Å². The third-order valence-corrected chi connectivity index (χ3v) is 3.27. The number of fused-ring (bicyclic) bond motifs is 1. The first-order valence-electron chi connectivity index (χ1n) is 6.66. The van der Waals surface area contributed by atoms with Crippen molar-refractivity contribution in [1.29, 1.82) is 0 Å². The molecular formula is C16H15ClN2O. The highest BCUT2D eigenvalue weighted by molar-refractivity contribution is 6.31. The maximum absolute atomic E-state index is 5.99. The summed E-state index contributed by atoms with van der Waals surface area (Å²) in [5.74, 6) is 1.62. The molecule has 0 aliphatic heterocycles. The maximum Gasteiger partial charge on any atom is 0.153 e. The number of hydrogen-bond donors (Lipinski definition) is 1. The van der Waals surface area contributed by atoms with E-state index in [0.717, 1.165) is 41.2 Å². The quantitative estimate of drug-likeness (QED) is 0.736. The summed E-state index contributed by atoms with van der Waals surface area (Å²) in [6, 6.07) is 13.4. The fourth-order valence-electron chi connectivity index (χ4n) is 2.06. The number of halogens is 1. The van der Waals surface area contributed by atoms with E-state index in [4.69, 9.17) is 16.0 Å². The number of nitrogens with zero attached hydrogens (tertiary/aromatic N) is 1. The summed E-state index contributed by atoms with van der Waals surface area (Å²) in [7, 11) is 0. The van der Waals surface area contributed by atoms with Crippen molar-refractivity contribution >= 4 is 28.4 Å². The molecular weight excluding hydrogens is 272 g/mol. The summed E-state index contributed by atoms with van der Waals surface area (Å²) >= 11 is 5.99. The molecule has 0 saturated heterocycles. The fraction of sp³-hybridized carbons (Fsp3) is 0.188. The molecule has 0 radical (unpaired) electrons. The van der Waals surface area contributed by atoms with Gasteiger partial charge in [-0.25, -0.2) is 4.98 Å². The Kier molecular flexibility index (Phi) is 3.61. The second-order valence-electron chi connectivity index (χ2n) is 4.63. The third kappa shape index (κ3) is 2.63. The van der Waals surface area contributed by atoms with Crippen molar-refractivity contribution in [2.45, 2.75) is 13.3 Å². The summed E-state index contributed by atoms with van der Waals surface area (Å²) in [6.45, 7) is 3.03. The minimum Gasteiger partial charge on any atom is -0.454 e. The van der Waals surface area contributed by atoms with Crippen LogP contribution >= 0.6 is 11.6 Å². The number of furan rings is 1. The van der Waals surface area contributed by atoms with Crippen molar-refractivity contribution in [1.82, 2.24) is 4.98 Å². The Morgan fingerprint density at radius 1 is 1.20 bits per heavy atom. The molecule has 3 aromatic rings. The molecule has 4 heteroatoms. The van der Waals surface area contributed by atoms with Gasteiger partial charge < -0.3 is 9.73 Å². The highest BCUT2D eigenvalue weighted by Crippen LogP contribution is 2.29. The molecule has 0 aliphatic carbocycles. The van der Waals surface area contributed by atoms with Gasteiger partial charge in [0.15, 0.2) is 5.76 Å². The molecule has 20 heavy (non-hydrogen) atoms. The van der Waals surface area contributed by atoms with Crippen molar-refractivity contribution in [2.24, 2.45) is 0 Å². The minimum atomic E-state index is 0.705. The first kappa shape index (κ1) is 13.0. The Labute approximate surface area is 122 Å². The molecule has 0 atom stereocenters. The van der Waals surface area contributed by atoms with Crippen molar-refractivity contribution in [3.05, 3.63) is 47.5 Å². The van der Waals surface area contributed by atoms with Crippen LogP contribution in [-0.4, -0.2) is 11.5 Å². The van der Waals surface area contributed by atoms with Crippen molar-refractivity contribution in [3.63, 3.8) is 0 Å². The predicted octanol–water partition coefficient (Wildman–Crippen LogP) is 4.97. The van der Waals surface area contributed by atoms with Gasteiger partial charge in [-0.3, -0.25) is 0 Å². The lowest BCUT2D eigenvalue weighted by Crippen LogP contribution is -2.01. The predicted molar refractivity (Wildman–Crippen MR) is 83.2 cm³/mol. The van der Waals surface area contributed by atoms with Crippen LogP contribution < -0.4 is 5.32 Å². The summed E-state index contributed by atoms with van der Waals surface area (Å²) < 4.78 is 5.82. The highest BCUT2D eigenvalue weighted by Gasteiger charge is 2.08. The normalized spacial score (nSPS) is 10.9. The van der Waals surface area contributed by atoms with Gasteiger partial charge in [-0.1, -0.05) is 24.6 Å². The lowest BCUT2D eigenvalue weighted by molar-refractivity contribution is 0.629. The van der Waals surface area contributed by atoms with E-state index in [2.05, 4.69) is 17.2 Å². The number of hydrogen-bond acceptors (Lipinski definition) is 3. The van der Waals surface area contributed by atoms with Crippen LogP contribution in [0.25, 0.3) is 22.4 Å². The maximum atomic E-state index is 5.99. The number of nitrogens with one attached hydrogen (secondary N) is 1. The molecule has 0 aliphatic rings.